The lowest BCUT2D eigenvalue weighted by molar-refractivity contribution is -0.161. The zero-order valence-corrected chi connectivity index (χ0v) is 22.8. The van der Waals surface area contributed by atoms with Crippen molar-refractivity contribution in [2.24, 2.45) is 17.8 Å². The van der Waals surface area contributed by atoms with Crippen molar-refractivity contribution in [2.45, 2.75) is 56.9 Å². The largest absolute Gasteiger partial charge is 0.497 e. The van der Waals surface area contributed by atoms with Crippen molar-refractivity contribution in [3.63, 3.8) is 0 Å². The Morgan fingerprint density at radius 3 is 2.49 bits per heavy atom. The Labute approximate surface area is 228 Å². The molecule has 3 unspecified atom stereocenters. The Morgan fingerprint density at radius 1 is 1.18 bits per heavy atom. The summed E-state index contributed by atoms with van der Waals surface area (Å²) in [5.74, 6) is -2.50. The number of carbonyl (C=O) groups is 3. The number of likely N-dealkylation sites (tertiary alicyclic amines) is 1. The summed E-state index contributed by atoms with van der Waals surface area (Å²) in [5, 5.41) is 13.5. The van der Waals surface area contributed by atoms with Crippen molar-refractivity contribution in [3.05, 3.63) is 60.2 Å². The number of nitrogens with one attached hydrogen (secondary N) is 1. The van der Waals surface area contributed by atoms with Crippen LogP contribution in [0.15, 0.2) is 54.6 Å². The molecule has 5 rings (SSSR count). The standard InChI is InChI=1S/C30H36N2O7/c1-5-38-28(36)24-23-27(35)32(21(17-33)15-19-9-7-6-8-10-19)25(30(23)16-18(2)29(24,3)39-30)26(34)31-20-11-13-22(37-4)14-12-20/h6-14,18,21,23-25,33H,5,15-17H2,1-4H3,(H,31,34)/t18?,21-,23+,24+,25?,29-,30?/m1/s1. The van der Waals surface area contributed by atoms with Gasteiger partial charge in [0.05, 0.1) is 37.9 Å². The van der Waals surface area contributed by atoms with E-state index in [1.165, 1.54) is 4.90 Å². The molecular formula is C30H36N2O7. The van der Waals surface area contributed by atoms with Gasteiger partial charge in [-0.3, -0.25) is 14.4 Å². The molecule has 9 nitrogen and oxygen atoms in total. The van der Waals surface area contributed by atoms with Gasteiger partial charge in [0.25, 0.3) is 0 Å². The monoisotopic (exact) mass is 536 g/mol. The lowest BCUT2D eigenvalue weighted by atomic mass is 9.62. The summed E-state index contributed by atoms with van der Waals surface area (Å²) in [5.41, 5.74) is -0.736. The minimum Gasteiger partial charge on any atom is -0.497 e. The van der Waals surface area contributed by atoms with E-state index in [9.17, 15) is 19.5 Å². The van der Waals surface area contributed by atoms with Gasteiger partial charge < -0.3 is 29.5 Å². The molecule has 3 aliphatic rings. The second kappa shape index (κ2) is 10.3. The highest BCUT2D eigenvalue weighted by Gasteiger charge is 2.80. The molecule has 2 N–H and O–H groups in total. The predicted octanol–water partition coefficient (Wildman–Crippen LogP) is 2.81. The average Bonchev–Trinajstić information content (AvgIpc) is 3.45. The predicted molar refractivity (Wildman–Crippen MR) is 143 cm³/mol. The summed E-state index contributed by atoms with van der Waals surface area (Å²) in [6.07, 6.45) is 0.769. The molecule has 2 bridgehead atoms. The van der Waals surface area contributed by atoms with E-state index in [0.717, 1.165) is 5.56 Å². The third-order valence-electron chi connectivity index (χ3n) is 8.82. The van der Waals surface area contributed by atoms with Crippen LogP contribution in [-0.2, 0) is 30.3 Å². The van der Waals surface area contributed by atoms with Gasteiger partial charge in [0.2, 0.25) is 11.8 Å². The summed E-state index contributed by atoms with van der Waals surface area (Å²) < 4.78 is 17.3. The van der Waals surface area contributed by atoms with E-state index < -0.39 is 47.0 Å². The lowest BCUT2D eigenvalue weighted by Crippen LogP contribution is -2.57. The smallest absolute Gasteiger partial charge is 0.312 e. The topological polar surface area (TPSA) is 114 Å². The number of benzene rings is 2. The Balaban J connectivity index is 1.57. The van der Waals surface area contributed by atoms with Crippen LogP contribution in [0.25, 0.3) is 0 Å². The molecule has 1 spiro atoms. The van der Waals surface area contributed by atoms with E-state index in [2.05, 4.69) is 5.32 Å². The summed E-state index contributed by atoms with van der Waals surface area (Å²) in [6, 6.07) is 14.7. The van der Waals surface area contributed by atoms with Gasteiger partial charge in [0.1, 0.15) is 23.3 Å². The Morgan fingerprint density at radius 2 is 1.87 bits per heavy atom. The van der Waals surface area contributed by atoms with Crippen LogP contribution in [-0.4, -0.2) is 71.4 Å². The second-order valence-electron chi connectivity index (χ2n) is 10.9. The van der Waals surface area contributed by atoms with E-state index in [1.54, 1.807) is 38.3 Å². The van der Waals surface area contributed by atoms with Crippen molar-refractivity contribution in [2.75, 3.05) is 25.6 Å². The van der Waals surface area contributed by atoms with Gasteiger partial charge >= 0.3 is 5.97 Å². The number of esters is 1. The molecule has 2 amide bonds. The van der Waals surface area contributed by atoms with Gasteiger partial charge in [-0.1, -0.05) is 37.3 Å². The van der Waals surface area contributed by atoms with Gasteiger partial charge in [0, 0.05) is 5.69 Å². The van der Waals surface area contributed by atoms with Gasteiger partial charge in [-0.15, -0.1) is 0 Å². The van der Waals surface area contributed by atoms with Crippen molar-refractivity contribution in [1.82, 2.24) is 4.90 Å². The summed E-state index contributed by atoms with van der Waals surface area (Å²) in [6.45, 7) is 5.37. The third-order valence-corrected chi connectivity index (χ3v) is 8.82. The number of carbonyl (C=O) groups excluding carboxylic acids is 3. The number of hydrogen-bond acceptors (Lipinski definition) is 7. The number of anilines is 1. The molecule has 3 fully saturated rings. The average molecular weight is 537 g/mol. The highest BCUT2D eigenvalue weighted by atomic mass is 16.6. The lowest BCUT2D eigenvalue weighted by Gasteiger charge is -2.37. The van der Waals surface area contributed by atoms with Crippen LogP contribution in [0.3, 0.4) is 0 Å². The molecule has 0 aliphatic carbocycles. The quantitative estimate of drug-likeness (QED) is 0.474. The first kappa shape index (κ1) is 27.1. The highest BCUT2D eigenvalue weighted by molar-refractivity contribution is 6.03. The molecule has 3 aliphatic heterocycles. The number of hydrogen-bond donors (Lipinski definition) is 2. The van der Waals surface area contributed by atoms with Crippen LogP contribution in [0.2, 0.25) is 0 Å². The summed E-state index contributed by atoms with van der Waals surface area (Å²) >= 11 is 0. The minimum absolute atomic E-state index is 0.103. The first-order valence-electron chi connectivity index (χ1n) is 13.5. The molecule has 0 radical (unpaired) electrons. The van der Waals surface area contributed by atoms with Crippen LogP contribution < -0.4 is 10.1 Å². The fourth-order valence-corrected chi connectivity index (χ4v) is 6.98. The molecule has 39 heavy (non-hydrogen) atoms. The van der Waals surface area contributed by atoms with Crippen molar-refractivity contribution in [1.29, 1.82) is 0 Å². The SMILES string of the molecule is CCOC(=O)[C@@H]1[C@H]2C(=O)N([C@@H](CO)Cc3ccccc3)C(C(=O)Nc3ccc(OC)cc3)C23CC(C)[C@@]1(C)O3. The third kappa shape index (κ3) is 4.28. The number of fused-ring (bicyclic) bond motifs is 1. The van der Waals surface area contributed by atoms with Crippen molar-refractivity contribution in [3.8, 4) is 5.75 Å². The Kier molecular flexibility index (Phi) is 7.15. The van der Waals surface area contributed by atoms with Gasteiger partial charge in [-0.2, -0.15) is 0 Å². The number of ether oxygens (including phenoxy) is 3. The molecule has 0 saturated carbocycles. The zero-order chi connectivity index (χ0) is 27.9. The maximum atomic E-state index is 14.3. The fraction of sp³-hybridized carbons (Fsp3) is 0.500. The van der Waals surface area contributed by atoms with Gasteiger partial charge in [-0.05, 0) is 62.4 Å². The summed E-state index contributed by atoms with van der Waals surface area (Å²) in [7, 11) is 1.56. The van der Waals surface area contributed by atoms with Crippen LogP contribution in [0.1, 0.15) is 32.8 Å². The normalized spacial score (nSPS) is 31.6. The van der Waals surface area contributed by atoms with E-state index in [0.29, 0.717) is 24.3 Å². The Hall–Kier alpha value is -3.43. The van der Waals surface area contributed by atoms with Gasteiger partial charge in [-0.25, -0.2) is 0 Å². The van der Waals surface area contributed by atoms with Crippen molar-refractivity contribution >= 4 is 23.5 Å². The van der Waals surface area contributed by atoms with Gasteiger partial charge in [0.15, 0.2) is 0 Å². The van der Waals surface area contributed by atoms with Crippen LogP contribution in [0.5, 0.6) is 5.75 Å². The number of nitrogens with zero attached hydrogens (tertiary/aromatic N) is 1. The molecule has 208 valence electrons. The molecule has 3 saturated heterocycles. The first-order chi connectivity index (χ1) is 18.7. The maximum absolute atomic E-state index is 14.3. The van der Waals surface area contributed by atoms with E-state index >= 15 is 0 Å². The maximum Gasteiger partial charge on any atom is 0.312 e. The van der Waals surface area contributed by atoms with Crippen molar-refractivity contribution < 1.29 is 33.7 Å². The Bertz CT molecular complexity index is 1240. The number of methoxy groups -OCH3 is 1. The van der Waals surface area contributed by atoms with Crippen LogP contribution in [0, 0.1) is 17.8 Å². The molecule has 3 heterocycles. The molecule has 9 heteroatoms. The second-order valence-corrected chi connectivity index (χ2v) is 10.9. The molecule has 2 aromatic carbocycles. The number of rotatable bonds is 9. The van der Waals surface area contributed by atoms with E-state index in [1.807, 2.05) is 44.2 Å². The van der Waals surface area contributed by atoms with E-state index in [4.69, 9.17) is 14.2 Å². The number of aliphatic hydroxyl groups excluding tert-OH is 1. The fourth-order valence-electron chi connectivity index (χ4n) is 6.98. The van der Waals surface area contributed by atoms with E-state index in [-0.39, 0.29) is 25.0 Å². The molecular weight excluding hydrogens is 500 g/mol. The van der Waals surface area contributed by atoms with Crippen LogP contribution >= 0.6 is 0 Å². The molecule has 0 aromatic heterocycles. The minimum atomic E-state index is -1.23. The van der Waals surface area contributed by atoms with Crippen LogP contribution in [0.4, 0.5) is 5.69 Å². The summed E-state index contributed by atoms with van der Waals surface area (Å²) in [4.78, 5) is 43.2. The highest BCUT2D eigenvalue weighted by Crippen LogP contribution is 2.65. The first-order valence-corrected chi connectivity index (χ1v) is 13.5. The molecule has 7 atom stereocenters. The number of amides is 2. The number of aliphatic hydroxyl groups is 1. The zero-order valence-electron chi connectivity index (χ0n) is 22.8. The molecule has 2 aromatic rings.